The number of carbonyl (C=O) groups excluding carboxylic acids is 2. The van der Waals surface area contributed by atoms with E-state index in [1.165, 1.54) is 10.3 Å². The molecule has 0 saturated carbocycles. The van der Waals surface area contributed by atoms with Crippen LogP contribution in [0.3, 0.4) is 0 Å². The molecule has 196 valence electrons. The Hall–Kier alpha value is -3.68. The van der Waals surface area contributed by atoms with Crippen LogP contribution in [0.4, 0.5) is 4.79 Å². The highest BCUT2D eigenvalue weighted by Gasteiger charge is 2.31. The SMILES string of the molecule is O=C(Cc1ccsc1)OCCc1ccc(C2CCN(C(=O)[O-])CC2OCc2ccc3ccccc3c2)cc1. The lowest BCUT2D eigenvalue weighted by Gasteiger charge is -2.40. The van der Waals surface area contributed by atoms with E-state index in [2.05, 4.69) is 42.5 Å². The fourth-order valence-electron chi connectivity index (χ4n) is 4.99. The number of amides is 1. The fraction of sp³-hybridized carbons (Fsp3) is 0.290. The first-order valence-corrected chi connectivity index (χ1v) is 13.8. The molecular weight excluding hydrogens is 498 g/mol. The van der Waals surface area contributed by atoms with Gasteiger partial charge in [-0.25, -0.2) is 0 Å². The number of piperidine rings is 1. The van der Waals surface area contributed by atoms with Crippen molar-refractivity contribution in [1.29, 1.82) is 0 Å². The zero-order chi connectivity index (χ0) is 26.3. The van der Waals surface area contributed by atoms with Crippen LogP contribution in [-0.4, -0.2) is 42.8 Å². The lowest BCUT2D eigenvalue weighted by molar-refractivity contribution is -0.268. The molecule has 5 rings (SSSR count). The summed E-state index contributed by atoms with van der Waals surface area (Å²) in [5.74, 6) is -0.144. The number of benzene rings is 3. The van der Waals surface area contributed by atoms with Crippen molar-refractivity contribution in [3.63, 3.8) is 0 Å². The molecule has 0 aliphatic carbocycles. The summed E-state index contributed by atoms with van der Waals surface area (Å²) in [5.41, 5.74) is 4.23. The van der Waals surface area contributed by atoms with Gasteiger partial charge in [0.05, 0.1) is 25.7 Å². The molecule has 1 aromatic heterocycles. The number of esters is 1. The summed E-state index contributed by atoms with van der Waals surface area (Å²) >= 11 is 1.57. The predicted octanol–water partition coefficient (Wildman–Crippen LogP) is 4.95. The van der Waals surface area contributed by atoms with E-state index in [0.29, 0.717) is 39.0 Å². The lowest BCUT2D eigenvalue weighted by Crippen LogP contribution is -2.51. The molecule has 7 heteroatoms. The van der Waals surface area contributed by atoms with E-state index < -0.39 is 6.09 Å². The molecular formula is C31H30NO5S-. The summed E-state index contributed by atoms with van der Waals surface area (Å²) in [4.78, 5) is 24.9. The average molecular weight is 529 g/mol. The largest absolute Gasteiger partial charge is 0.530 e. The van der Waals surface area contributed by atoms with E-state index in [4.69, 9.17) is 9.47 Å². The first-order chi connectivity index (χ1) is 18.5. The number of nitrogens with zero attached hydrogens (tertiary/aromatic N) is 1. The van der Waals surface area contributed by atoms with Gasteiger partial charge in [-0.3, -0.25) is 4.79 Å². The number of carboxylic acid groups (broad SMARTS) is 1. The number of likely N-dealkylation sites (tertiary alicyclic amines) is 1. The zero-order valence-corrected chi connectivity index (χ0v) is 21.9. The first-order valence-electron chi connectivity index (χ1n) is 12.9. The molecule has 4 aromatic rings. The van der Waals surface area contributed by atoms with E-state index in [9.17, 15) is 14.7 Å². The zero-order valence-electron chi connectivity index (χ0n) is 21.1. The van der Waals surface area contributed by atoms with Gasteiger partial charge in [0.15, 0.2) is 0 Å². The van der Waals surface area contributed by atoms with Crippen molar-refractivity contribution in [2.45, 2.75) is 37.9 Å². The lowest BCUT2D eigenvalue weighted by atomic mass is 9.86. The Balaban J connectivity index is 1.20. The van der Waals surface area contributed by atoms with Crippen LogP contribution in [0.2, 0.25) is 0 Å². The van der Waals surface area contributed by atoms with Crippen molar-refractivity contribution in [2.24, 2.45) is 0 Å². The summed E-state index contributed by atoms with van der Waals surface area (Å²) in [7, 11) is 0. The van der Waals surface area contributed by atoms with E-state index in [-0.39, 0.29) is 24.5 Å². The van der Waals surface area contributed by atoms with Crippen molar-refractivity contribution in [1.82, 2.24) is 4.90 Å². The standard InChI is InChI=1S/C31H31NO5S/c33-30(18-24-13-16-38-21-24)36-15-12-22-5-9-26(10-6-22)28-11-14-32(31(34)35)19-29(28)37-20-23-7-8-25-3-1-2-4-27(25)17-23/h1-10,13,16-17,21,28-29H,11-12,14-15,18-20H2,(H,34,35)/p-1. The second-order valence-electron chi connectivity index (χ2n) is 9.66. The maximum Gasteiger partial charge on any atom is 0.310 e. The van der Waals surface area contributed by atoms with Gasteiger partial charge < -0.3 is 24.3 Å². The maximum absolute atomic E-state index is 12.0. The molecule has 38 heavy (non-hydrogen) atoms. The summed E-state index contributed by atoms with van der Waals surface area (Å²) in [6.07, 6.45) is 0.160. The van der Waals surface area contributed by atoms with Crippen molar-refractivity contribution in [3.05, 3.63) is 106 Å². The number of fused-ring (bicyclic) bond motifs is 1. The van der Waals surface area contributed by atoms with Gasteiger partial charge in [-0.1, -0.05) is 60.7 Å². The molecule has 6 nitrogen and oxygen atoms in total. The van der Waals surface area contributed by atoms with E-state index in [1.807, 2.05) is 41.1 Å². The Kier molecular flexibility index (Phi) is 8.36. The smallest absolute Gasteiger partial charge is 0.310 e. The normalized spacial score (nSPS) is 17.4. The number of hydrogen-bond acceptors (Lipinski definition) is 6. The van der Waals surface area contributed by atoms with Gasteiger partial charge in [-0.15, -0.1) is 0 Å². The monoisotopic (exact) mass is 528 g/mol. The quantitative estimate of drug-likeness (QED) is 0.287. The second-order valence-corrected chi connectivity index (χ2v) is 10.4. The third-order valence-corrected chi connectivity index (χ3v) is 7.82. The molecule has 1 amide bonds. The molecule has 1 aliphatic heterocycles. The van der Waals surface area contributed by atoms with Crippen LogP contribution in [0.15, 0.2) is 83.6 Å². The van der Waals surface area contributed by atoms with E-state index in [1.54, 1.807) is 11.3 Å². The molecule has 0 N–H and O–H groups in total. The Morgan fingerprint density at radius 1 is 0.947 bits per heavy atom. The van der Waals surface area contributed by atoms with Crippen LogP contribution in [0.1, 0.15) is 34.6 Å². The van der Waals surface area contributed by atoms with Crippen LogP contribution in [0, 0.1) is 0 Å². The van der Waals surface area contributed by atoms with Crippen LogP contribution < -0.4 is 5.11 Å². The molecule has 0 radical (unpaired) electrons. The van der Waals surface area contributed by atoms with Gasteiger partial charge in [-0.05, 0) is 62.3 Å². The minimum atomic E-state index is -1.16. The summed E-state index contributed by atoms with van der Waals surface area (Å²) in [5, 5.41) is 17.8. The van der Waals surface area contributed by atoms with E-state index in [0.717, 1.165) is 27.6 Å². The molecule has 2 unspecified atom stereocenters. The Morgan fingerprint density at radius 3 is 2.50 bits per heavy atom. The highest BCUT2D eigenvalue weighted by atomic mass is 32.1. The topological polar surface area (TPSA) is 78.9 Å². The third-order valence-electron chi connectivity index (χ3n) is 7.09. The fourth-order valence-corrected chi connectivity index (χ4v) is 5.66. The van der Waals surface area contributed by atoms with Crippen LogP contribution >= 0.6 is 11.3 Å². The molecule has 1 saturated heterocycles. The highest BCUT2D eigenvalue weighted by Crippen LogP contribution is 2.31. The summed E-state index contributed by atoms with van der Waals surface area (Å²) in [6, 6.07) is 24.6. The van der Waals surface area contributed by atoms with Crippen LogP contribution in [0.5, 0.6) is 0 Å². The second kappa shape index (κ2) is 12.2. The van der Waals surface area contributed by atoms with Gasteiger partial charge in [-0.2, -0.15) is 11.3 Å². The molecule has 0 bridgehead atoms. The summed E-state index contributed by atoms with van der Waals surface area (Å²) in [6.45, 7) is 1.44. The predicted molar refractivity (Wildman–Crippen MR) is 146 cm³/mol. The van der Waals surface area contributed by atoms with Crippen molar-refractivity contribution < 1.29 is 24.2 Å². The van der Waals surface area contributed by atoms with Crippen molar-refractivity contribution in [3.8, 4) is 0 Å². The molecule has 2 atom stereocenters. The number of hydrogen-bond donors (Lipinski definition) is 0. The van der Waals surface area contributed by atoms with Gasteiger partial charge in [0.1, 0.15) is 6.09 Å². The summed E-state index contributed by atoms with van der Waals surface area (Å²) < 4.78 is 11.7. The number of ether oxygens (including phenoxy) is 2. The highest BCUT2D eigenvalue weighted by molar-refractivity contribution is 7.08. The molecule has 3 aromatic carbocycles. The van der Waals surface area contributed by atoms with E-state index >= 15 is 0 Å². The number of rotatable bonds is 9. The average Bonchev–Trinajstić information content (AvgIpc) is 3.45. The van der Waals surface area contributed by atoms with Crippen LogP contribution in [0.25, 0.3) is 10.8 Å². The Bertz CT molecular complexity index is 1370. The van der Waals surface area contributed by atoms with Gasteiger partial charge >= 0.3 is 5.97 Å². The Morgan fingerprint density at radius 2 is 1.74 bits per heavy atom. The van der Waals surface area contributed by atoms with Crippen LogP contribution in [-0.2, 0) is 33.7 Å². The van der Waals surface area contributed by atoms with Crippen molar-refractivity contribution in [2.75, 3.05) is 19.7 Å². The molecule has 1 aliphatic rings. The van der Waals surface area contributed by atoms with Gasteiger partial charge in [0.25, 0.3) is 0 Å². The first kappa shape index (κ1) is 25.9. The van der Waals surface area contributed by atoms with Gasteiger partial charge in [0.2, 0.25) is 0 Å². The number of carbonyl (C=O) groups is 2. The maximum atomic E-state index is 12.0. The third kappa shape index (κ3) is 6.60. The minimum Gasteiger partial charge on any atom is -0.530 e. The Labute approximate surface area is 226 Å². The molecule has 2 heterocycles. The van der Waals surface area contributed by atoms with Gasteiger partial charge in [0, 0.05) is 25.4 Å². The molecule has 1 fully saturated rings. The van der Waals surface area contributed by atoms with Crippen molar-refractivity contribution >= 4 is 34.2 Å². The minimum absolute atomic E-state index is 0.0727. The molecule has 0 spiro atoms. The number of thiophene rings is 1.